The van der Waals surface area contributed by atoms with Crippen LogP contribution in [0.5, 0.6) is 0 Å². The van der Waals surface area contributed by atoms with E-state index < -0.39 is 6.16 Å². The van der Waals surface area contributed by atoms with Crippen molar-refractivity contribution in [2.75, 3.05) is 6.61 Å². The number of carbonyl (C=O) groups is 1. The summed E-state index contributed by atoms with van der Waals surface area (Å²) in [5, 5.41) is 8.16. The van der Waals surface area contributed by atoms with Gasteiger partial charge >= 0.3 is 6.16 Å². The fraction of sp³-hybridized carbons (Fsp3) is 0.222. The fourth-order valence-corrected chi connectivity index (χ4v) is 0.844. The molecule has 1 N–H and O–H groups in total. The summed E-state index contributed by atoms with van der Waals surface area (Å²) in [5.41, 5.74) is 1.05. The van der Waals surface area contributed by atoms with Crippen molar-refractivity contribution in [3.05, 3.63) is 35.9 Å². The maximum absolute atomic E-state index is 9.96. The fourth-order valence-electron chi connectivity index (χ4n) is 0.844. The van der Waals surface area contributed by atoms with Crippen molar-refractivity contribution in [3.8, 4) is 0 Å². The predicted octanol–water partition coefficient (Wildman–Crippen LogP) is 1.72. The van der Waals surface area contributed by atoms with Crippen LogP contribution in [0.2, 0.25) is 0 Å². The largest absolute Gasteiger partial charge is 0.505 e. The molecule has 63 valence electrons. The molecular formula is C9H9O3. The lowest BCUT2D eigenvalue weighted by Gasteiger charge is -1.99. The van der Waals surface area contributed by atoms with Gasteiger partial charge in [-0.1, -0.05) is 24.3 Å². The molecule has 1 aromatic carbocycles. The Hall–Kier alpha value is -1.51. The number of benzene rings is 1. The van der Waals surface area contributed by atoms with Crippen molar-refractivity contribution in [2.45, 2.75) is 6.42 Å². The van der Waals surface area contributed by atoms with Gasteiger partial charge in [-0.3, -0.25) is 0 Å². The van der Waals surface area contributed by atoms with Crippen molar-refractivity contribution in [1.82, 2.24) is 0 Å². The monoisotopic (exact) mass is 165 g/mol. The van der Waals surface area contributed by atoms with E-state index in [9.17, 15) is 4.79 Å². The number of ether oxygens (including phenoxy) is 1. The van der Waals surface area contributed by atoms with Crippen LogP contribution >= 0.6 is 0 Å². The molecule has 0 unspecified atom stereocenters. The summed E-state index contributed by atoms with van der Waals surface area (Å²) in [7, 11) is 0. The van der Waals surface area contributed by atoms with Crippen LogP contribution in [0.15, 0.2) is 24.3 Å². The van der Waals surface area contributed by atoms with Gasteiger partial charge in [0.05, 0.1) is 6.61 Å². The van der Waals surface area contributed by atoms with E-state index in [4.69, 9.17) is 5.11 Å². The molecule has 0 spiro atoms. The van der Waals surface area contributed by atoms with Crippen molar-refractivity contribution in [1.29, 1.82) is 0 Å². The Morgan fingerprint density at radius 3 is 2.75 bits per heavy atom. The van der Waals surface area contributed by atoms with Crippen molar-refractivity contribution in [3.63, 3.8) is 0 Å². The SMILES string of the molecule is O=C(O)OCCc1cc[c]cc1. The van der Waals surface area contributed by atoms with Crippen LogP contribution in [0.3, 0.4) is 0 Å². The summed E-state index contributed by atoms with van der Waals surface area (Å²) in [6.07, 6.45) is -0.612. The van der Waals surface area contributed by atoms with Gasteiger partial charge in [-0.05, 0) is 11.6 Å². The minimum atomic E-state index is -1.22. The number of rotatable bonds is 3. The Kier molecular flexibility index (Phi) is 3.14. The third kappa shape index (κ3) is 3.05. The first-order chi connectivity index (χ1) is 5.79. The average molecular weight is 165 g/mol. The lowest BCUT2D eigenvalue weighted by molar-refractivity contribution is 0.0927. The van der Waals surface area contributed by atoms with Crippen LogP contribution in [0.1, 0.15) is 5.56 Å². The van der Waals surface area contributed by atoms with E-state index in [1.165, 1.54) is 0 Å². The van der Waals surface area contributed by atoms with Crippen molar-refractivity contribution in [2.24, 2.45) is 0 Å². The summed E-state index contributed by atoms with van der Waals surface area (Å²) in [6, 6.07) is 10.2. The highest BCUT2D eigenvalue weighted by molar-refractivity contribution is 5.56. The summed E-state index contributed by atoms with van der Waals surface area (Å²) < 4.78 is 4.35. The Morgan fingerprint density at radius 2 is 2.17 bits per heavy atom. The van der Waals surface area contributed by atoms with Gasteiger partial charge in [0.25, 0.3) is 0 Å². The molecule has 0 aromatic heterocycles. The molecule has 0 aliphatic heterocycles. The van der Waals surface area contributed by atoms with Crippen molar-refractivity contribution < 1.29 is 14.6 Å². The molecule has 0 saturated carbocycles. The molecular weight excluding hydrogens is 156 g/mol. The van der Waals surface area contributed by atoms with Crippen LogP contribution in [-0.4, -0.2) is 17.9 Å². The quantitative estimate of drug-likeness (QED) is 0.693. The molecule has 0 amide bonds. The third-order valence-corrected chi connectivity index (χ3v) is 1.40. The Bertz CT molecular complexity index is 243. The Balaban J connectivity index is 2.29. The van der Waals surface area contributed by atoms with E-state index in [2.05, 4.69) is 10.8 Å². The van der Waals surface area contributed by atoms with Gasteiger partial charge in [0.1, 0.15) is 0 Å². The van der Waals surface area contributed by atoms with Crippen LogP contribution in [0.25, 0.3) is 0 Å². The molecule has 3 nitrogen and oxygen atoms in total. The minimum absolute atomic E-state index is 0.208. The smallest absolute Gasteiger partial charge is 0.450 e. The second kappa shape index (κ2) is 4.38. The van der Waals surface area contributed by atoms with Gasteiger partial charge in [0.2, 0.25) is 0 Å². The van der Waals surface area contributed by atoms with Crippen LogP contribution < -0.4 is 0 Å². The molecule has 0 bridgehead atoms. The van der Waals surface area contributed by atoms with E-state index in [0.29, 0.717) is 6.42 Å². The van der Waals surface area contributed by atoms with E-state index in [-0.39, 0.29) is 6.61 Å². The molecule has 1 aromatic rings. The first kappa shape index (κ1) is 8.59. The normalized spacial score (nSPS) is 9.33. The molecule has 1 rings (SSSR count). The average Bonchev–Trinajstić information content (AvgIpc) is 2.05. The summed E-state index contributed by atoms with van der Waals surface area (Å²) in [4.78, 5) is 9.96. The second-order valence-electron chi connectivity index (χ2n) is 2.27. The third-order valence-electron chi connectivity index (χ3n) is 1.40. The van der Waals surface area contributed by atoms with Crippen molar-refractivity contribution >= 4 is 6.16 Å². The first-order valence-electron chi connectivity index (χ1n) is 3.60. The number of hydrogen-bond donors (Lipinski definition) is 1. The zero-order chi connectivity index (χ0) is 8.81. The highest BCUT2D eigenvalue weighted by Gasteiger charge is 1.96. The standard InChI is InChI=1S/C9H9O3/c10-9(11)12-7-6-8-4-2-1-3-5-8/h2-5H,6-7H2,(H,10,11). The maximum atomic E-state index is 9.96. The zero-order valence-corrected chi connectivity index (χ0v) is 6.49. The van der Waals surface area contributed by atoms with E-state index in [1.807, 2.05) is 12.1 Å². The predicted molar refractivity (Wildman–Crippen MR) is 43.0 cm³/mol. The molecule has 0 fully saturated rings. The summed E-state index contributed by atoms with van der Waals surface area (Å²) in [6.45, 7) is 0.208. The molecule has 3 heteroatoms. The minimum Gasteiger partial charge on any atom is -0.450 e. The van der Waals surface area contributed by atoms with Crippen LogP contribution in [0.4, 0.5) is 4.79 Å². The molecule has 0 aliphatic carbocycles. The summed E-state index contributed by atoms with van der Waals surface area (Å²) in [5.74, 6) is 0. The molecule has 0 aliphatic rings. The zero-order valence-electron chi connectivity index (χ0n) is 6.49. The maximum Gasteiger partial charge on any atom is 0.505 e. The van der Waals surface area contributed by atoms with E-state index >= 15 is 0 Å². The number of hydrogen-bond acceptors (Lipinski definition) is 2. The van der Waals surface area contributed by atoms with E-state index in [0.717, 1.165) is 5.56 Å². The second-order valence-corrected chi connectivity index (χ2v) is 2.27. The number of carboxylic acid groups (broad SMARTS) is 1. The van der Waals surface area contributed by atoms with Gasteiger partial charge in [0, 0.05) is 6.42 Å². The van der Waals surface area contributed by atoms with Gasteiger partial charge < -0.3 is 9.84 Å². The first-order valence-corrected chi connectivity index (χ1v) is 3.60. The van der Waals surface area contributed by atoms with Gasteiger partial charge in [0.15, 0.2) is 0 Å². The highest BCUT2D eigenvalue weighted by atomic mass is 16.7. The summed E-state index contributed by atoms with van der Waals surface area (Å²) >= 11 is 0. The van der Waals surface area contributed by atoms with Crippen LogP contribution in [-0.2, 0) is 11.2 Å². The lowest BCUT2D eigenvalue weighted by Crippen LogP contribution is -2.03. The lowest BCUT2D eigenvalue weighted by atomic mass is 10.2. The molecule has 12 heavy (non-hydrogen) atoms. The van der Waals surface area contributed by atoms with Gasteiger partial charge in [-0.15, -0.1) is 0 Å². The van der Waals surface area contributed by atoms with Gasteiger partial charge in [-0.2, -0.15) is 0 Å². The molecule has 1 radical (unpaired) electrons. The highest BCUT2D eigenvalue weighted by Crippen LogP contribution is 1.98. The molecule has 0 atom stereocenters. The van der Waals surface area contributed by atoms with E-state index in [1.54, 1.807) is 12.1 Å². The molecule has 0 heterocycles. The molecule has 0 saturated heterocycles. The Morgan fingerprint density at radius 1 is 1.50 bits per heavy atom. The van der Waals surface area contributed by atoms with Crippen LogP contribution in [0, 0.1) is 6.07 Å². The van der Waals surface area contributed by atoms with Gasteiger partial charge in [-0.25, -0.2) is 4.79 Å². The Labute approximate surface area is 70.6 Å². The topological polar surface area (TPSA) is 46.5 Å².